The summed E-state index contributed by atoms with van der Waals surface area (Å²) in [5, 5.41) is 10.5. The van der Waals surface area contributed by atoms with Crippen molar-refractivity contribution in [2.75, 3.05) is 11.9 Å². The fourth-order valence-electron chi connectivity index (χ4n) is 2.15. The molecule has 0 atom stereocenters. The Bertz CT molecular complexity index is 853. The normalized spacial score (nSPS) is 11.0. The van der Waals surface area contributed by atoms with Crippen LogP contribution >= 0.6 is 0 Å². The van der Waals surface area contributed by atoms with Gasteiger partial charge < -0.3 is 10.1 Å². The van der Waals surface area contributed by atoms with Gasteiger partial charge in [-0.3, -0.25) is 9.20 Å². The fourth-order valence-corrected chi connectivity index (χ4v) is 2.15. The molecule has 1 N–H and O–H groups in total. The van der Waals surface area contributed by atoms with Crippen LogP contribution in [-0.4, -0.2) is 27.1 Å². The maximum atomic E-state index is 12.0. The van der Waals surface area contributed by atoms with E-state index in [1.165, 1.54) is 6.08 Å². The number of benzene rings is 1. The van der Waals surface area contributed by atoms with Gasteiger partial charge in [-0.1, -0.05) is 19.1 Å². The van der Waals surface area contributed by atoms with Crippen molar-refractivity contribution in [3.05, 3.63) is 60.6 Å². The molecule has 2 heterocycles. The van der Waals surface area contributed by atoms with Crippen LogP contribution in [0.1, 0.15) is 18.9 Å². The lowest BCUT2D eigenvalue weighted by Gasteiger charge is -2.04. The van der Waals surface area contributed by atoms with E-state index in [1.54, 1.807) is 35.1 Å². The van der Waals surface area contributed by atoms with E-state index in [1.807, 2.05) is 24.3 Å². The van der Waals surface area contributed by atoms with E-state index in [-0.39, 0.29) is 5.91 Å². The Morgan fingerprint density at radius 2 is 2.08 bits per heavy atom. The third-order valence-electron chi connectivity index (χ3n) is 3.34. The number of hydrogen-bond acceptors (Lipinski definition) is 4. The predicted molar refractivity (Wildman–Crippen MR) is 92.9 cm³/mol. The Morgan fingerprint density at radius 3 is 2.88 bits per heavy atom. The second-order valence-corrected chi connectivity index (χ2v) is 5.25. The van der Waals surface area contributed by atoms with Crippen LogP contribution in [0.4, 0.5) is 5.69 Å². The lowest BCUT2D eigenvalue weighted by atomic mass is 10.2. The summed E-state index contributed by atoms with van der Waals surface area (Å²) in [7, 11) is 0. The highest BCUT2D eigenvalue weighted by atomic mass is 16.5. The molecule has 0 unspecified atom stereocenters. The summed E-state index contributed by atoms with van der Waals surface area (Å²) in [4.78, 5) is 12.0. The van der Waals surface area contributed by atoms with Crippen LogP contribution < -0.4 is 10.1 Å². The average Bonchev–Trinajstić information content (AvgIpc) is 3.07. The van der Waals surface area contributed by atoms with Gasteiger partial charge >= 0.3 is 0 Å². The van der Waals surface area contributed by atoms with Crippen molar-refractivity contribution in [2.45, 2.75) is 13.3 Å². The zero-order valence-electron chi connectivity index (χ0n) is 13.3. The Balaban J connectivity index is 1.60. The molecule has 0 aliphatic carbocycles. The Morgan fingerprint density at radius 1 is 1.25 bits per heavy atom. The summed E-state index contributed by atoms with van der Waals surface area (Å²) < 4.78 is 7.27. The molecule has 6 nitrogen and oxygen atoms in total. The third-order valence-corrected chi connectivity index (χ3v) is 3.34. The first-order chi connectivity index (χ1) is 11.7. The van der Waals surface area contributed by atoms with Crippen LogP contribution in [-0.2, 0) is 4.79 Å². The number of pyridine rings is 1. The molecule has 0 bridgehead atoms. The molecule has 3 rings (SSSR count). The van der Waals surface area contributed by atoms with Crippen molar-refractivity contribution in [1.29, 1.82) is 0 Å². The molecule has 0 radical (unpaired) electrons. The molecular weight excluding hydrogens is 304 g/mol. The first-order valence-corrected chi connectivity index (χ1v) is 7.76. The number of nitrogens with one attached hydrogen (secondary N) is 1. The SMILES string of the molecule is CCCOc1ccc(/C=C/C(=O)Nc2ccc3nncn3c2)cc1. The number of hydrogen-bond donors (Lipinski definition) is 1. The number of anilines is 1. The number of aromatic nitrogens is 3. The lowest BCUT2D eigenvalue weighted by molar-refractivity contribution is -0.111. The predicted octanol–water partition coefficient (Wildman–Crippen LogP) is 3.17. The topological polar surface area (TPSA) is 68.5 Å². The zero-order chi connectivity index (χ0) is 16.8. The Labute approximate surface area is 139 Å². The molecule has 24 heavy (non-hydrogen) atoms. The summed E-state index contributed by atoms with van der Waals surface area (Å²) in [5.41, 5.74) is 2.34. The van der Waals surface area contributed by atoms with Gasteiger partial charge in [0.2, 0.25) is 5.91 Å². The molecule has 0 aliphatic rings. The van der Waals surface area contributed by atoms with Gasteiger partial charge in [-0.25, -0.2) is 0 Å². The van der Waals surface area contributed by atoms with Crippen LogP contribution in [0.15, 0.2) is 55.0 Å². The molecule has 0 saturated heterocycles. The molecule has 122 valence electrons. The van der Waals surface area contributed by atoms with E-state index in [9.17, 15) is 4.79 Å². The molecular formula is C18H18N4O2. The van der Waals surface area contributed by atoms with Gasteiger partial charge in [0.15, 0.2) is 5.65 Å². The van der Waals surface area contributed by atoms with Crippen molar-refractivity contribution >= 4 is 23.3 Å². The first kappa shape index (κ1) is 15.7. The number of nitrogens with zero attached hydrogens (tertiary/aromatic N) is 3. The van der Waals surface area contributed by atoms with E-state index in [0.717, 1.165) is 23.4 Å². The molecule has 6 heteroatoms. The van der Waals surface area contributed by atoms with E-state index >= 15 is 0 Å². The van der Waals surface area contributed by atoms with Gasteiger partial charge in [0.05, 0.1) is 12.3 Å². The third kappa shape index (κ3) is 3.98. The minimum absolute atomic E-state index is 0.200. The largest absolute Gasteiger partial charge is 0.494 e. The molecule has 3 aromatic rings. The van der Waals surface area contributed by atoms with E-state index in [4.69, 9.17) is 4.74 Å². The molecule has 0 fully saturated rings. The zero-order valence-corrected chi connectivity index (χ0v) is 13.3. The molecule has 2 aromatic heterocycles. The van der Waals surface area contributed by atoms with Gasteiger partial charge in [0, 0.05) is 12.3 Å². The first-order valence-electron chi connectivity index (χ1n) is 7.76. The number of carbonyl (C=O) groups excluding carboxylic acids is 1. The highest BCUT2D eigenvalue weighted by molar-refractivity contribution is 6.01. The fraction of sp³-hybridized carbons (Fsp3) is 0.167. The van der Waals surface area contributed by atoms with Crippen molar-refractivity contribution in [2.24, 2.45) is 0 Å². The van der Waals surface area contributed by atoms with Crippen molar-refractivity contribution < 1.29 is 9.53 Å². The quantitative estimate of drug-likeness (QED) is 0.708. The molecule has 0 aliphatic heterocycles. The summed E-state index contributed by atoms with van der Waals surface area (Å²) in [6.07, 6.45) is 7.58. The maximum absolute atomic E-state index is 12.0. The Kier molecular flexibility index (Phi) is 4.86. The number of carbonyl (C=O) groups is 1. The minimum Gasteiger partial charge on any atom is -0.494 e. The minimum atomic E-state index is -0.200. The van der Waals surface area contributed by atoms with Gasteiger partial charge in [-0.15, -0.1) is 10.2 Å². The van der Waals surface area contributed by atoms with E-state index in [2.05, 4.69) is 22.4 Å². The second kappa shape index (κ2) is 7.41. The van der Waals surface area contributed by atoms with Gasteiger partial charge in [-0.05, 0) is 42.3 Å². The lowest BCUT2D eigenvalue weighted by Crippen LogP contribution is -2.08. The van der Waals surface area contributed by atoms with Crippen molar-refractivity contribution in [3.8, 4) is 5.75 Å². The van der Waals surface area contributed by atoms with E-state index < -0.39 is 0 Å². The molecule has 1 aromatic carbocycles. The smallest absolute Gasteiger partial charge is 0.248 e. The van der Waals surface area contributed by atoms with Gasteiger partial charge in [0.25, 0.3) is 0 Å². The van der Waals surface area contributed by atoms with Gasteiger partial charge in [-0.2, -0.15) is 0 Å². The van der Waals surface area contributed by atoms with Crippen LogP contribution in [0.25, 0.3) is 11.7 Å². The summed E-state index contributed by atoms with van der Waals surface area (Å²) in [6, 6.07) is 11.2. The molecule has 0 spiro atoms. The number of fused-ring (bicyclic) bond motifs is 1. The Hall–Kier alpha value is -3.15. The average molecular weight is 322 g/mol. The molecule has 1 amide bonds. The summed E-state index contributed by atoms with van der Waals surface area (Å²) in [6.45, 7) is 2.77. The number of rotatable bonds is 6. The van der Waals surface area contributed by atoms with Crippen LogP contribution in [0.5, 0.6) is 5.75 Å². The van der Waals surface area contributed by atoms with Crippen LogP contribution in [0.3, 0.4) is 0 Å². The van der Waals surface area contributed by atoms with Crippen molar-refractivity contribution in [1.82, 2.24) is 14.6 Å². The van der Waals surface area contributed by atoms with Crippen LogP contribution in [0.2, 0.25) is 0 Å². The maximum Gasteiger partial charge on any atom is 0.248 e. The van der Waals surface area contributed by atoms with Crippen LogP contribution in [0, 0.1) is 0 Å². The highest BCUT2D eigenvalue weighted by Gasteiger charge is 2.01. The second-order valence-electron chi connectivity index (χ2n) is 5.25. The summed E-state index contributed by atoms with van der Waals surface area (Å²) >= 11 is 0. The number of ether oxygens (including phenoxy) is 1. The monoisotopic (exact) mass is 322 g/mol. The summed E-state index contributed by atoms with van der Waals surface area (Å²) in [5.74, 6) is 0.634. The van der Waals surface area contributed by atoms with Gasteiger partial charge in [0.1, 0.15) is 12.1 Å². The number of amides is 1. The van der Waals surface area contributed by atoms with E-state index in [0.29, 0.717) is 12.3 Å². The molecule has 0 saturated carbocycles. The standard InChI is InChI=1S/C18H18N4O2/c1-2-11-24-16-7-3-14(4-8-16)5-10-18(23)20-15-6-9-17-21-19-13-22(17)12-15/h3-10,12-13H,2,11H2,1H3,(H,20,23)/b10-5+. The highest BCUT2D eigenvalue weighted by Crippen LogP contribution is 2.14. The van der Waals surface area contributed by atoms with Crippen molar-refractivity contribution in [3.63, 3.8) is 0 Å².